The van der Waals surface area contributed by atoms with Crippen LogP contribution in [0.1, 0.15) is 44.8 Å². The minimum Gasteiger partial charge on any atom is -0.504 e. The fourth-order valence-corrected chi connectivity index (χ4v) is 6.69. The van der Waals surface area contributed by atoms with Gasteiger partial charge in [0.15, 0.2) is 17.6 Å². The predicted molar refractivity (Wildman–Crippen MR) is 159 cm³/mol. The van der Waals surface area contributed by atoms with Crippen LogP contribution in [-0.4, -0.2) is 106 Å². The fourth-order valence-electron chi connectivity index (χ4n) is 6.56. The number of esters is 1. The van der Waals surface area contributed by atoms with Gasteiger partial charge in [0.1, 0.15) is 24.4 Å². The summed E-state index contributed by atoms with van der Waals surface area (Å²) in [4.78, 5) is 17.8. The molecule has 0 bridgehead atoms. The van der Waals surface area contributed by atoms with Crippen LogP contribution in [0.25, 0.3) is 0 Å². The maximum absolute atomic E-state index is 13.4. The van der Waals surface area contributed by atoms with E-state index in [2.05, 4.69) is 21.9 Å². The van der Waals surface area contributed by atoms with E-state index in [9.17, 15) is 30.3 Å². The van der Waals surface area contributed by atoms with Crippen molar-refractivity contribution in [1.29, 1.82) is 0 Å². The Hall–Kier alpha value is -3.42. The molecular weight excluding hydrogens is 592 g/mol. The van der Waals surface area contributed by atoms with E-state index in [1.54, 1.807) is 0 Å². The molecule has 44 heavy (non-hydrogen) atoms. The number of hydrogen-bond acceptors (Lipinski definition) is 11. The van der Waals surface area contributed by atoms with Crippen molar-refractivity contribution in [3.63, 3.8) is 0 Å². The van der Waals surface area contributed by atoms with Gasteiger partial charge in [-0.2, -0.15) is 0 Å². The molecule has 0 aliphatic carbocycles. The van der Waals surface area contributed by atoms with Gasteiger partial charge in [-0.25, -0.2) is 4.79 Å². The standard InChI is InChI=1S/C32H35ClN2O9/c1-42-30-25(37)20(22-23(27(30)39)29-31(44-32(22)41)28(40)26(38)21(16-36)43-29)15-34-11-13-35(14-12-34)24(17-5-3-2-4-6-17)18-7-9-19(33)10-8-18/h2-10,21,24,26,28-29,31,36-40H,11-16H2,1H3/t21-,24-,26-,28+,29+,31+/m1/s1. The highest BCUT2D eigenvalue weighted by atomic mass is 35.5. The van der Waals surface area contributed by atoms with Gasteiger partial charge in [-0.1, -0.05) is 54.1 Å². The molecule has 0 radical (unpaired) electrons. The Morgan fingerprint density at radius 3 is 2.25 bits per heavy atom. The molecule has 3 aliphatic rings. The van der Waals surface area contributed by atoms with Crippen LogP contribution in [0.4, 0.5) is 0 Å². The molecule has 0 spiro atoms. The number of nitrogens with zero attached hydrogens (tertiary/aromatic N) is 2. The van der Waals surface area contributed by atoms with Crippen LogP contribution in [0.5, 0.6) is 17.2 Å². The maximum Gasteiger partial charge on any atom is 0.339 e. The van der Waals surface area contributed by atoms with Crippen molar-refractivity contribution < 1.29 is 44.5 Å². The topological polar surface area (TPSA) is 152 Å². The summed E-state index contributed by atoms with van der Waals surface area (Å²) >= 11 is 6.17. The van der Waals surface area contributed by atoms with Gasteiger partial charge in [-0.3, -0.25) is 9.80 Å². The van der Waals surface area contributed by atoms with Gasteiger partial charge in [0.25, 0.3) is 0 Å². The Bertz CT molecular complexity index is 1500. The lowest BCUT2D eigenvalue weighted by molar-refractivity contribution is -0.235. The van der Waals surface area contributed by atoms with Crippen molar-refractivity contribution in [3.8, 4) is 17.2 Å². The van der Waals surface area contributed by atoms with Crippen molar-refractivity contribution in [3.05, 3.63) is 87.4 Å². The normalized spacial score (nSPS) is 26.4. The minimum atomic E-state index is -1.57. The number of aliphatic hydroxyl groups is 3. The van der Waals surface area contributed by atoms with Gasteiger partial charge in [0.05, 0.1) is 25.3 Å². The van der Waals surface area contributed by atoms with Crippen molar-refractivity contribution in [2.45, 2.75) is 43.1 Å². The molecular formula is C32H35ClN2O9. The molecule has 2 fully saturated rings. The number of aromatic hydroxyl groups is 2. The Balaban J connectivity index is 1.29. The molecule has 0 aromatic heterocycles. The lowest BCUT2D eigenvalue weighted by atomic mass is 9.84. The zero-order valence-electron chi connectivity index (χ0n) is 24.0. The summed E-state index contributed by atoms with van der Waals surface area (Å²) in [7, 11) is 1.28. The number of fused-ring (bicyclic) bond motifs is 3. The Morgan fingerprint density at radius 1 is 0.955 bits per heavy atom. The first-order valence-corrected chi connectivity index (χ1v) is 14.9. The summed E-state index contributed by atoms with van der Waals surface area (Å²) in [6.07, 6.45) is -6.83. The van der Waals surface area contributed by atoms with E-state index >= 15 is 0 Å². The van der Waals surface area contributed by atoms with Gasteiger partial charge in [-0.15, -0.1) is 0 Å². The van der Waals surface area contributed by atoms with Crippen LogP contribution in [0.3, 0.4) is 0 Å². The number of ether oxygens (including phenoxy) is 3. The van der Waals surface area contributed by atoms with Crippen LogP contribution in [-0.2, 0) is 16.0 Å². The SMILES string of the molecule is COc1c(O)c(CN2CCN([C@H](c3ccccc3)c3ccc(Cl)cc3)CC2)c2c(c1O)[C@@H]1O[C@H](CO)[C@@H](O)[C@H](O)[C@@H]1OC2=O. The second kappa shape index (κ2) is 12.5. The van der Waals surface area contributed by atoms with Crippen LogP contribution >= 0.6 is 11.6 Å². The van der Waals surface area contributed by atoms with Crippen LogP contribution in [0.15, 0.2) is 54.6 Å². The molecule has 6 atom stereocenters. The Labute approximate surface area is 259 Å². The highest BCUT2D eigenvalue weighted by molar-refractivity contribution is 6.30. The number of piperazine rings is 1. The van der Waals surface area contributed by atoms with Crippen LogP contribution in [0.2, 0.25) is 5.02 Å². The van der Waals surface area contributed by atoms with E-state index in [0.717, 1.165) is 11.1 Å². The second-order valence-corrected chi connectivity index (χ2v) is 11.7. The number of phenolic OH excluding ortho intramolecular Hbond substituents is 2. The zero-order valence-corrected chi connectivity index (χ0v) is 24.8. The lowest BCUT2D eigenvalue weighted by Gasteiger charge is -2.45. The minimum absolute atomic E-state index is 0.00200. The Kier molecular flexibility index (Phi) is 8.71. The number of hydrogen-bond donors (Lipinski definition) is 5. The highest BCUT2D eigenvalue weighted by Gasteiger charge is 2.53. The van der Waals surface area contributed by atoms with E-state index < -0.39 is 54.6 Å². The molecule has 3 heterocycles. The number of benzene rings is 3. The highest BCUT2D eigenvalue weighted by Crippen LogP contribution is 2.52. The lowest BCUT2D eigenvalue weighted by Crippen LogP contribution is -2.58. The summed E-state index contributed by atoms with van der Waals surface area (Å²) in [6.45, 7) is 2.09. The molecule has 11 nitrogen and oxygen atoms in total. The molecule has 12 heteroatoms. The number of methoxy groups -OCH3 is 1. The van der Waals surface area contributed by atoms with E-state index in [1.165, 1.54) is 7.11 Å². The monoisotopic (exact) mass is 626 g/mol. The summed E-state index contributed by atoms with van der Waals surface area (Å²) in [5.41, 5.74) is 2.34. The van der Waals surface area contributed by atoms with Crippen molar-refractivity contribution >= 4 is 17.6 Å². The first-order chi connectivity index (χ1) is 21.2. The number of carbonyl (C=O) groups is 1. The molecule has 0 amide bonds. The number of rotatable bonds is 7. The molecule has 0 saturated carbocycles. The summed E-state index contributed by atoms with van der Waals surface area (Å²) < 4.78 is 16.7. The van der Waals surface area contributed by atoms with E-state index in [-0.39, 0.29) is 35.0 Å². The Morgan fingerprint density at radius 2 is 1.61 bits per heavy atom. The molecule has 3 aromatic rings. The number of phenols is 2. The summed E-state index contributed by atoms with van der Waals surface area (Å²) in [5, 5.41) is 53.7. The third-order valence-corrected chi connectivity index (χ3v) is 9.05. The van der Waals surface area contributed by atoms with Gasteiger partial charge >= 0.3 is 5.97 Å². The number of aliphatic hydroxyl groups excluding tert-OH is 3. The van der Waals surface area contributed by atoms with Crippen molar-refractivity contribution in [1.82, 2.24) is 9.80 Å². The van der Waals surface area contributed by atoms with Crippen LogP contribution < -0.4 is 4.74 Å². The summed E-state index contributed by atoms with van der Waals surface area (Å²) in [6, 6.07) is 18.0. The first-order valence-electron chi connectivity index (χ1n) is 14.5. The molecule has 0 unspecified atom stereocenters. The van der Waals surface area contributed by atoms with E-state index in [1.807, 2.05) is 42.5 Å². The molecule has 3 aliphatic heterocycles. The van der Waals surface area contributed by atoms with E-state index in [4.69, 9.17) is 25.8 Å². The fraction of sp³-hybridized carbons (Fsp3) is 0.406. The van der Waals surface area contributed by atoms with Crippen LogP contribution in [0, 0.1) is 0 Å². The van der Waals surface area contributed by atoms with Crippen molar-refractivity contribution in [2.24, 2.45) is 0 Å². The quantitative estimate of drug-likeness (QED) is 0.246. The molecule has 5 N–H and O–H groups in total. The maximum atomic E-state index is 13.4. The molecule has 3 aromatic carbocycles. The van der Waals surface area contributed by atoms with E-state index in [0.29, 0.717) is 31.2 Å². The molecule has 6 rings (SSSR count). The number of carbonyl (C=O) groups excluding carboxylic acids is 1. The predicted octanol–water partition coefficient (Wildman–Crippen LogP) is 2.36. The zero-order chi connectivity index (χ0) is 31.1. The molecule has 234 valence electrons. The van der Waals surface area contributed by atoms with Gasteiger partial charge in [-0.05, 0) is 23.3 Å². The van der Waals surface area contributed by atoms with Gasteiger partial charge < -0.3 is 39.7 Å². The van der Waals surface area contributed by atoms with Gasteiger partial charge in [0.2, 0.25) is 5.75 Å². The second-order valence-electron chi connectivity index (χ2n) is 11.3. The first kappa shape index (κ1) is 30.6. The number of halogens is 1. The third kappa shape index (κ3) is 5.39. The van der Waals surface area contributed by atoms with Gasteiger partial charge in [0, 0.05) is 48.9 Å². The largest absolute Gasteiger partial charge is 0.504 e. The molecule has 2 saturated heterocycles. The average Bonchev–Trinajstić information content (AvgIpc) is 3.03. The smallest absolute Gasteiger partial charge is 0.339 e. The van der Waals surface area contributed by atoms with Crippen molar-refractivity contribution in [2.75, 3.05) is 39.9 Å². The summed E-state index contributed by atoms with van der Waals surface area (Å²) in [5.74, 6) is -2.07. The average molecular weight is 627 g/mol. The third-order valence-electron chi connectivity index (χ3n) is 8.80.